The van der Waals surface area contributed by atoms with Gasteiger partial charge in [-0.15, -0.1) is 0 Å². The van der Waals surface area contributed by atoms with E-state index in [-0.39, 0.29) is 6.61 Å². The first-order valence-electron chi connectivity index (χ1n) is 4.23. The number of hydrogen-bond acceptors (Lipinski definition) is 4. The van der Waals surface area contributed by atoms with E-state index in [1.165, 1.54) is 0 Å². The Hall–Kier alpha value is -1.68. The molecule has 0 atom stereocenters. The number of rotatable bonds is 2. The standard InChI is InChI=1S/C10H10N2O2/c1-14-10-9-8(2-3-11-10)4-7(6-13)5-12-9/h2-5,13H,6H2,1H3. The minimum Gasteiger partial charge on any atom is -0.479 e. The number of pyridine rings is 2. The summed E-state index contributed by atoms with van der Waals surface area (Å²) >= 11 is 0. The van der Waals surface area contributed by atoms with Gasteiger partial charge in [0.05, 0.1) is 13.7 Å². The highest BCUT2D eigenvalue weighted by atomic mass is 16.5. The molecule has 0 amide bonds. The molecule has 0 aromatic carbocycles. The summed E-state index contributed by atoms with van der Waals surface area (Å²) in [6.07, 6.45) is 3.27. The largest absolute Gasteiger partial charge is 0.479 e. The van der Waals surface area contributed by atoms with Crippen molar-refractivity contribution < 1.29 is 9.84 Å². The van der Waals surface area contributed by atoms with Gasteiger partial charge in [0.1, 0.15) is 5.52 Å². The minimum absolute atomic E-state index is 0.00637. The Morgan fingerprint density at radius 3 is 3.00 bits per heavy atom. The topological polar surface area (TPSA) is 55.2 Å². The third kappa shape index (κ3) is 1.40. The number of methoxy groups -OCH3 is 1. The molecule has 0 saturated heterocycles. The summed E-state index contributed by atoms with van der Waals surface area (Å²) < 4.78 is 5.06. The van der Waals surface area contributed by atoms with Crippen LogP contribution in [0.2, 0.25) is 0 Å². The monoisotopic (exact) mass is 190 g/mol. The second-order valence-corrected chi connectivity index (χ2v) is 2.89. The summed E-state index contributed by atoms with van der Waals surface area (Å²) in [7, 11) is 1.56. The highest BCUT2D eigenvalue weighted by Crippen LogP contribution is 2.20. The zero-order chi connectivity index (χ0) is 9.97. The number of hydrogen-bond donors (Lipinski definition) is 1. The van der Waals surface area contributed by atoms with Crippen molar-refractivity contribution in [2.24, 2.45) is 0 Å². The van der Waals surface area contributed by atoms with E-state index < -0.39 is 0 Å². The van der Waals surface area contributed by atoms with Gasteiger partial charge < -0.3 is 9.84 Å². The molecule has 14 heavy (non-hydrogen) atoms. The molecule has 2 aromatic rings. The van der Waals surface area contributed by atoms with Crippen LogP contribution in [-0.2, 0) is 6.61 Å². The van der Waals surface area contributed by atoms with E-state index in [0.717, 1.165) is 10.9 Å². The van der Waals surface area contributed by atoms with Crippen LogP contribution in [0.25, 0.3) is 10.9 Å². The molecule has 4 nitrogen and oxygen atoms in total. The van der Waals surface area contributed by atoms with Crippen LogP contribution in [0.5, 0.6) is 5.88 Å². The maximum atomic E-state index is 8.94. The average molecular weight is 190 g/mol. The van der Waals surface area contributed by atoms with E-state index in [1.54, 1.807) is 19.5 Å². The van der Waals surface area contributed by atoms with Crippen LogP contribution < -0.4 is 4.74 Å². The van der Waals surface area contributed by atoms with Gasteiger partial charge in [-0.25, -0.2) is 4.98 Å². The van der Waals surface area contributed by atoms with Crippen LogP contribution in [0.15, 0.2) is 24.5 Å². The Bertz CT molecular complexity index is 457. The Labute approximate surface area is 81.2 Å². The normalized spacial score (nSPS) is 10.4. The fraction of sp³-hybridized carbons (Fsp3) is 0.200. The van der Waals surface area contributed by atoms with Crippen molar-refractivity contribution in [2.75, 3.05) is 7.11 Å². The molecule has 72 valence electrons. The van der Waals surface area contributed by atoms with Crippen molar-refractivity contribution in [3.8, 4) is 5.88 Å². The fourth-order valence-electron chi connectivity index (χ4n) is 1.32. The predicted molar refractivity (Wildman–Crippen MR) is 52.0 cm³/mol. The van der Waals surface area contributed by atoms with Crippen LogP contribution in [0.3, 0.4) is 0 Å². The molecular weight excluding hydrogens is 180 g/mol. The molecule has 0 bridgehead atoms. The Morgan fingerprint density at radius 1 is 1.43 bits per heavy atom. The lowest BCUT2D eigenvalue weighted by molar-refractivity contribution is 0.281. The van der Waals surface area contributed by atoms with Gasteiger partial charge in [-0.05, 0) is 17.7 Å². The van der Waals surface area contributed by atoms with Crippen LogP contribution in [0, 0.1) is 0 Å². The summed E-state index contributed by atoms with van der Waals surface area (Å²) in [5.74, 6) is 0.506. The van der Waals surface area contributed by atoms with Crippen LogP contribution in [0.4, 0.5) is 0 Å². The van der Waals surface area contributed by atoms with Gasteiger partial charge in [-0.1, -0.05) is 0 Å². The molecule has 0 aliphatic heterocycles. The number of nitrogens with zero attached hydrogens (tertiary/aromatic N) is 2. The van der Waals surface area contributed by atoms with Gasteiger partial charge in [0, 0.05) is 17.8 Å². The molecule has 0 saturated carbocycles. The molecule has 0 fully saturated rings. The van der Waals surface area contributed by atoms with Gasteiger partial charge in [0.2, 0.25) is 5.88 Å². The molecular formula is C10H10N2O2. The predicted octanol–water partition coefficient (Wildman–Crippen LogP) is 1.13. The number of aromatic nitrogens is 2. The average Bonchev–Trinajstić information content (AvgIpc) is 2.27. The van der Waals surface area contributed by atoms with Crippen LogP contribution >= 0.6 is 0 Å². The lowest BCUT2D eigenvalue weighted by Gasteiger charge is -2.03. The highest BCUT2D eigenvalue weighted by Gasteiger charge is 2.03. The van der Waals surface area contributed by atoms with Crippen molar-refractivity contribution in [2.45, 2.75) is 6.61 Å². The number of aliphatic hydroxyl groups excluding tert-OH is 1. The second kappa shape index (κ2) is 3.59. The molecule has 0 spiro atoms. The first-order valence-corrected chi connectivity index (χ1v) is 4.23. The number of aliphatic hydroxyl groups is 1. The zero-order valence-electron chi connectivity index (χ0n) is 7.77. The number of ether oxygens (including phenoxy) is 1. The molecule has 0 aliphatic rings. The zero-order valence-corrected chi connectivity index (χ0v) is 7.77. The minimum atomic E-state index is -0.00637. The highest BCUT2D eigenvalue weighted by molar-refractivity contribution is 5.82. The van der Waals surface area contributed by atoms with Gasteiger partial charge in [0.15, 0.2) is 0 Å². The maximum Gasteiger partial charge on any atom is 0.240 e. The SMILES string of the molecule is COc1nccc2cc(CO)cnc12. The number of fused-ring (bicyclic) bond motifs is 1. The summed E-state index contributed by atoms with van der Waals surface area (Å²) in [5, 5.41) is 9.86. The molecule has 2 rings (SSSR count). The molecule has 0 radical (unpaired) electrons. The smallest absolute Gasteiger partial charge is 0.240 e. The molecule has 1 N–H and O–H groups in total. The molecule has 0 aliphatic carbocycles. The Kier molecular flexibility index (Phi) is 2.28. The fourth-order valence-corrected chi connectivity index (χ4v) is 1.32. The maximum absolute atomic E-state index is 8.94. The van der Waals surface area contributed by atoms with Crippen molar-refractivity contribution in [3.63, 3.8) is 0 Å². The van der Waals surface area contributed by atoms with Gasteiger partial charge in [-0.3, -0.25) is 4.98 Å². The summed E-state index contributed by atoms with van der Waals surface area (Å²) in [6.45, 7) is -0.00637. The van der Waals surface area contributed by atoms with E-state index in [4.69, 9.17) is 9.84 Å². The van der Waals surface area contributed by atoms with Crippen molar-refractivity contribution >= 4 is 10.9 Å². The lowest BCUT2D eigenvalue weighted by Crippen LogP contribution is -1.92. The first kappa shape index (κ1) is 8.90. The molecule has 2 aromatic heterocycles. The van der Waals surface area contributed by atoms with Crippen molar-refractivity contribution in [3.05, 3.63) is 30.1 Å². The van der Waals surface area contributed by atoms with Crippen LogP contribution in [-0.4, -0.2) is 22.2 Å². The van der Waals surface area contributed by atoms with E-state index in [2.05, 4.69) is 9.97 Å². The second-order valence-electron chi connectivity index (χ2n) is 2.89. The quantitative estimate of drug-likeness (QED) is 0.771. The van der Waals surface area contributed by atoms with Crippen molar-refractivity contribution in [1.82, 2.24) is 9.97 Å². The first-order chi connectivity index (χ1) is 6.85. The van der Waals surface area contributed by atoms with Crippen molar-refractivity contribution in [1.29, 1.82) is 0 Å². The van der Waals surface area contributed by atoms with Gasteiger partial charge in [-0.2, -0.15) is 0 Å². The molecule has 4 heteroatoms. The van der Waals surface area contributed by atoms with E-state index >= 15 is 0 Å². The molecule has 0 unspecified atom stereocenters. The summed E-state index contributed by atoms with van der Waals surface area (Å²) in [5.41, 5.74) is 1.50. The lowest BCUT2D eigenvalue weighted by atomic mass is 10.2. The summed E-state index contributed by atoms with van der Waals surface area (Å²) in [6, 6.07) is 3.70. The Morgan fingerprint density at radius 2 is 2.29 bits per heavy atom. The molecule has 2 heterocycles. The van der Waals surface area contributed by atoms with E-state index in [9.17, 15) is 0 Å². The third-order valence-corrected chi connectivity index (χ3v) is 2.00. The summed E-state index contributed by atoms with van der Waals surface area (Å²) in [4.78, 5) is 8.21. The van der Waals surface area contributed by atoms with Gasteiger partial charge >= 0.3 is 0 Å². The third-order valence-electron chi connectivity index (χ3n) is 2.00. The van der Waals surface area contributed by atoms with E-state index in [1.807, 2.05) is 12.1 Å². The Balaban J connectivity index is 2.67. The van der Waals surface area contributed by atoms with Crippen LogP contribution in [0.1, 0.15) is 5.56 Å². The van der Waals surface area contributed by atoms with E-state index in [0.29, 0.717) is 11.4 Å². The van der Waals surface area contributed by atoms with Gasteiger partial charge in [0.25, 0.3) is 0 Å².